The molecule has 0 amide bonds. The molecule has 0 aromatic carbocycles. The van der Waals surface area contributed by atoms with Crippen LogP contribution in [0.5, 0.6) is 0 Å². The molecule has 2 atom stereocenters. The van der Waals surface area contributed by atoms with Crippen molar-refractivity contribution in [3.05, 3.63) is 11.6 Å². The quantitative estimate of drug-likeness (QED) is 0.547. The van der Waals surface area contributed by atoms with E-state index in [1.54, 1.807) is 0 Å². The Hall–Kier alpha value is -0.830. The van der Waals surface area contributed by atoms with E-state index in [4.69, 9.17) is 9.47 Å². The molecule has 1 aliphatic rings. The van der Waals surface area contributed by atoms with Crippen LogP contribution in [0.1, 0.15) is 46.0 Å². The summed E-state index contributed by atoms with van der Waals surface area (Å²) in [5.74, 6) is 0.525. The molecule has 0 spiro atoms. The Balaban J connectivity index is 2.34. The van der Waals surface area contributed by atoms with E-state index in [1.165, 1.54) is 20.0 Å². The standard InChI is InChI=1S/C14H24O3/c1-4-12(14(15)16-3)8-9-17-13-7-5-6-11(2)10-13/h8,11,13H,4-7,9-10H2,1-3H3. The summed E-state index contributed by atoms with van der Waals surface area (Å²) in [5, 5.41) is 0. The lowest BCUT2D eigenvalue weighted by Crippen LogP contribution is -2.21. The first-order chi connectivity index (χ1) is 8.17. The lowest BCUT2D eigenvalue weighted by molar-refractivity contribution is -0.136. The van der Waals surface area contributed by atoms with Crippen LogP contribution in [0.4, 0.5) is 0 Å². The van der Waals surface area contributed by atoms with Gasteiger partial charge in [-0.2, -0.15) is 0 Å². The normalized spacial score (nSPS) is 25.7. The van der Waals surface area contributed by atoms with Gasteiger partial charge in [-0.1, -0.05) is 26.7 Å². The van der Waals surface area contributed by atoms with Crippen LogP contribution in [0.2, 0.25) is 0 Å². The van der Waals surface area contributed by atoms with E-state index in [9.17, 15) is 4.79 Å². The highest BCUT2D eigenvalue weighted by Gasteiger charge is 2.18. The van der Waals surface area contributed by atoms with Crippen LogP contribution < -0.4 is 0 Å². The van der Waals surface area contributed by atoms with Gasteiger partial charge in [0.05, 0.1) is 19.8 Å². The molecule has 1 fully saturated rings. The fourth-order valence-electron chi connectivity index (χ4n) is 2.32. The monoisotopic (exact) mass is 240 g/mol. The zero-order valence-electron chi connectivity index (χ0n) is 11.2. The van der Waals surface area contributed by atoms with E-state index in [0.29, 0.717) is 24.7 Å². The summed E-state index contributed by atoms with van der Waals surface area (Å²) < 4.78 is 10.5. The summed E-state index contributed by atoms with van der Waals surface area (Å²) in [6.07, 6.45) is 7.78. The third-order valence-corrected chi connectivity index (χ3v) is 3.38. The molecule has 17 heavy (non-hydrogen) atoms. The van der Waals surface area contributed by atoms with Crippen molar-refractivity contribution in [3.8, 4) is 0 Å². The van der Waals surface area contributed by atoms with Gasteiger partial charge in [0.1, 0.15) is 0 Å². The van der Waals surface area contributed by atoms with E-state index in [1.807, 2.05) is 13.0 Å². The molecule has 0 N–H and O–H groups in total. The van der Waals surface area contributed by atoms with Crippen LogP contribution in [0.15, 0.2) is 11.6 Å². The Morgan fingerprint density at radius 1 is 1.41 bits per heavy atom. The first kappa shape index (κ1) is 14.2. The number of ether oxygens (including phenoxy) is 2. The molecule has 0 aromatic rings. The molecule has 0 saturated heterocycles. The molecule has 0 bridgehead atoms. The van der Waals surface area contributed by atoms with Crippen molar-refractivity contribution in [2.45, 2.75) is 52.1 Å². The third kappa shape index (κ3) is 4.90. The molecular formula is C14H24O3. The highest BCUT2D eigenvalue weighted by atomic mass is 16.5. The molecule has 0 aromatic heterocycles. The van der Waals surface area contributed by atoms with Crippen LogP contribution >= 0.6 is 0 Å². The summed E-state index contributed by atoms with van der Waals surface area (Å²) in [6, 6.07) is 0. The molecule has 0 heterocycles. The molecule has 3 nitrogen and oxygen atoms in total. The van der Waals surface area contributed by atoms with Gasteiger partial charge in [-0.3, -0.25) is 0 Å². The van der Waals surface area contributed by atoms with E-state index in [-0.39, 0.29) is 5.97 Å². The molecule has 1 rings (SSSR count). The minimum Gasteiger partial charge on any atom is -0.466 e. The summed E-state index contributed by atoms with van der Waals surface area (Å²) in [7, 11) is 1.41. The van der Waals surface area contributed by atoms with Gasteiger partial charge in [-0.05, 0) is 31.3 Å². The van der Waals surface area contributed by atoms with Gasteiger partial charge >= 0.3 is 5.97 Å². The lowest BCUT2D eigenvalue weighted by atomic mass is 9.89. The molecule has 0 radical (unpaired) electrons. The van der Waals surface area contributed by atoms with Crippen LogP contribution in [-0.2, 0) is 14.3 Å². The first-order valence-electron chi connectivity index (χ1n) is 6.56. The van der Waals surface area contributed by atoms with Gasteiger partial charge in [0.15, 0.2) is 0 Å². The largest absolute Gasteiger partial charge is 0.466 e. The fraction of sp³-hybridized carbons (Fsp3) is 0.786. The predicted octanol–water partition coefficient (Wildman–Crippen LogP) is 3.09. The van der Waals surface area contributed by atoms with Crippen LogP contribution in [0, 0.1) is 5.92 Å². The smallest absolute Gasteiger partial charge is 0.333 e. The number of hydrogen-bond donors (Lipinski definition) is 0. The molecule has 1 saturated carbocycles. The summed E-state index contributed by atoms with van der Waals surface area (Å²) in [5.41, 5.74) is 0.705. The zero-order valence-corrected chi connectivity index (χ0v) is 11.2. The van der Waals surface area contributed by atoms with Gasteiger partial charge in [-0.25, -0.2) is 4.79 Å². The van der Waals surface area contributed by atoms with Gasteiger partial charge in [0.2, 0.25) is 0 Å². The van der Waals surface area contributed by atoms with Crippen molar-refractivity contribution in [1.82, 2.24) is 0 Å². The highest BCUT2D eigenvalue weighted by Crippen LogP contribution is 2.25. The molecule has 1 aliphatic carbocycles. The molecule has 0 aliphatic heterocycles. The second-order valence-electron chi connectivity index (χ2n) is 4.80. The average Bonchev–Trinajstić information content (AvgIpc) is 2.34. The van der Waals surface area contributed by atoms with E-state index in [0.717, 1.165) is 18.8 Å². The SMILES string of the molecule is CCC(=CCOC1CCCC(C)C1)C(=O)OC. The average molecular weight is 240 g/mol. The van der Waals surface area contributed by atoms with Gasteiger partial charge in [0.25, 0.3) is 0 Å². The molecule has 3 heteroatoms. The number of carbonyl (C=O) groups is 1. The molecular weight excluding hydrogens is 216 g/mol. The van der Waals surface area contributed by atoms with Gasteiger partial charge < -0.3 is 9.47 Å². The summed E-state index contributed by atoms with van der Waals surface area (Å²) in [6.45, 7) is 4.75. The maximum absolute atomic E-state index is 11.3. The minimum atomic E-state index is -0.242. The van der Waals surface area contributed by atoms with E-state index in [2.05, 4.69) is 6.92 Å². The first-order valence-corrected chi connectivity index (χ1v) is 6.56. The lowest BCUT2D eigenvalue weighted by Gasteiger charge is -2.26. The second-order valence-corrected chi connectivity index (χ2v) is 4.80. The van der Waals surface area contributed by atoms with Gasteiger partial charge in [0, 0.05) is 5.57 Å². The fourth-order valence-corrected chi connectivity index (χ4v) is 2.32. The van der Waals surface area contributed by atoms with Crippen molar-refractivity contribution in [2.75, 3.05) is 13.7 Å². The highest BCUT2D eigenvalue weighted by molar-refractivity contribution is 5.88. The Kier molecular flexibility index (Phi) is 6.27. The topological polar surface area (TPSA) is 35.5 Å². The number of rotatable bonds is 5. The maximum atomic E-state index is 11.3. The van der Waals surface area contributed by atoms with Crippen molar-refractivity contribution in [2.24, 2.45) is 5.92 Å². The van der Waals surface area contributed by atoms with Crippen LogP contribution in [-0.4, -0.2) is 25.8 Å². The number of esters is 1. The Labute approximate surface area is 104 Å². The van der Waals surface area contributed by atoms with Crippen molar-refractivity contribution in [1.29, 1.82) is 0 Å². The van der Waals surface area contributed by atoms with Crippen molar-refractivity contribution in [3.63, 3.8) is 0 Å². The Morgan fingerprint density at radius 2 is 2.18 bits per heavy atom. The summed E-state index contributed by atoms with van der Waals surface area (Å²) >= 11 is 0. The Morgan fingerprint density at radius 3 is 2.76 bits per heavy atom. The number of hydrogen-bond acceptors (Lipinski definition) is 3. The zero-order chi connectivity index (χ0) is 12.7. The molecule has 2 unspecified atom stereocenters. The van der Waals surface area contributed by atoms with Crippen molar-refractivity contribution < 1.29 is 14.3 Å². The van der Waals surface area contributed by atoms with Crippen LogP contribution in [0.25, 0.3) is 0 Å². The second kappa shape index (κ2) is 7.49. The van der Waals surface area contributed by atoms with Crippen molar-refractivity contribution >= 4 is 5.97 Å². The maximum Gasteiger partial charge on any atom is 0.333 e. The third-order valence-electron chi connectivity index (χ3n) is 3.38. The number of methoxy groups -OCH3 is 1. The summed E-state index contributed by atoms with van der Waals surface area (Å²) in [4.78, 5) is 11.3. The minimum absolute atomic E-state index is 0.242. The van der Waals surface area contributed by atoms with Gasteiger partial charge in [-0.15, -0.1) is 0 Å². The van der Waals surface area contributed by atoms with E-state index >= 15 is 0 Å². The number of carbonyl (C=O) groups excluding carboxylic acids is 1. The Bertz CT molecular complexity index is 271. The molecule has 98 valence electrons. The van der Waals surface area contributed by atoms with Crippen LogP contribution in [0.3, 0.4) is 0 Å². The van der Waals surface area contributed by atoms with E-state index < -0.39 is 0 Å². The predicted molar refractivity (Wildman–Crippen MR) is 67.8 cm³/mol.